The lowest BCUT2D eigenvalue weighted by Gasteiger charge is -2.26. The van der Waals surface area contributed by atoms with E-state index in [2.05, 4.69) is 31.0 Å². The minimum atomic E-state index is -1.63. The third-order valence-corrected chi connectivity index (χ3v) is 12.6. The zero-order valence-corrected chi connectivity index (χ0v) is 41.4. The number of esters is 2. The number of hydrogen-bond donors (Lipinski definition) is 6. The van der Waals surface area contributed by atoms with Crippen LogP contribution >= 0.6 is 0 Å². The highest BCUT2D eigenvalue weighted by molar-refractivity contribution is 5.69. The van der Waals surface area contributed by atoms with Crippen LogP contribution in [0.5, 0.6) is 0 Å². The number of aliphatic hydroxyl groups is 5. The van der Waals surface area contributed by atoms with Crippen LogP contribution in [0.4, 0.5) is 0 Å². The molecule has 0 saturated heterocycles. The predicted octanol–water partition coefficient (Wildman–Crippen LogP) is 10.5. The number of ether oxygens (including phenoxy) is 2. The summed E-state index contributed by atoms with van der Waals surface area (Å²) in [5.74, 6) is -0.104. The smallest absolute Gasteiger partial charge is 0.306 e. The van der Waals surface area contributed by atoms with Gasteiger partial charge in [-0.1, -0.05) is 175 Å². The molecule has 4 atom stereocenters. The van der Waals surface area contributed by atoms with E-state index in [9.17, 15) is 30.0 Å². The third kappa shape index (κ3) is 40.6. The first-order valence-electron chi connectivity index (χ1n) is 26.8. The standard InChI is InChI=1S/C52H104N2O9/c1-4-7-10-13-16-17-18-27-34-43-62-49(58)37-30-23-19-25-32-40-54(42-39-53-44-47(56)51(60)52(61)48(57)45-55)41-33-26-20-24-31-38-50(59)63-46(35-28-21-14-11-8-5-2)36-29-22-15-12-9-6-3/h46-48,51-53,55-57,60-61H,4-45H2,1-3H3/t47-,48-,51-,52-/m0/s1. The van der Waals surface area contributed by atoms with Crippen molar-refractivity contribution in [3.05, 3.63) is 0 Å². The second-order valence-electron chi connectivity index (χ2n) is 18.7. The van der Waals surface area contributed by atoms with Gasteiger partial charge in [0.1, 0.15) is 24.4 Å². The number of carbonyl (C=O) groups excluding carboxylic acids is 2. The van der Waals surface area contributed by atoms with Crippen molar-refractivity contribution >= 4 is 11.9 Å². The number of hydrogen-bond acceptors (Lipinski definition) is 11. The molecular weight excluding hydrogens is 797 g/mol. The van der Waals surface area contributed by atoms with Crippen LogP contribution in [0.2, 0.25) is 0 Å². The summed E-state index contributed by atoms with van der Waals surface area (Å²) in [7, 11) is 0. The van der Waals surface area contributed by atoms with E-state index in [1.807, 2.05) is 0 Å². The quantitative estimate of drug-likeness (QED) is 0.0254. The molecule has 0 aliphatic carbocycles. The Labute approximate surface area is 387 Å². The molecule has 0 saturated carbocycles. The van der Waals surface area contributed by atoms with Crippen molar-refractivity contribution in [3.8, 4) is 0 Å². The van der Waals surface area contributed by atoms with E-state index in [-0.39, 0.29) is 24.6 Å². The maximum atomic E-state index is 12.9. The van der Waals surface area contributed by atoms with Gasteiger partial charge in [0.05, 0.1) is 19.3 Å². The van der Waals surface area contributed by atoms with Gasteiger partial charge in [-0.15, -0.1) is 0 Å². The highest BCUT2D eigenvalue weighted by Gasteiger charge is 2.29. The van der Waals surface area contributed by atoms with Crippen molar-refractivity contribution in [2.75, 3.05) is 45.9 Å². The van der Waals surface area contributed by atoms with E-state index in [0.717, 1.165) is 122 Å². The van der Waals surface area contributed by atoms with Crippen LogP contribution < -0.4 is 5.32 Å². The number of carbonyl (C=O) groups is 2. The maximum absolute atomic E-state index is 12.9. The van der Waals surface area contributed by atoms with Gasteiger partial charge in [0.15, 0.2) is 0 Å². The molecule has 0 aliphatic rings. The molecule has 0 fully saturated rings. The number of nitrogens with zero attached hydrogens (tertiary/aromatic N) is 1. The SMILES string of the molecule is CCCCCCCCCCCOC(=O)CCCCCCCN(CCCCCCCC(=O)OC(CCCCCCCC)CCCCCCCC)CCNC[C@H](O)[C@H](O)[C@@H](O)[C@@H](O)CO. The van der Waals surface area contributed by atoms with Gasteiger partial charge in [-0.25, -0.2) is 0 Å². The first-order chi connectivity index (χ1) is 30.7. The molecule has 0 unspecified atom stereocenters. The van der Waals surface area contributed by atoms with Gasteiger partial charge < -0.3 is 45.2 Å². The van der Waals surface area contributed by atoms with Gasteiger partial charge >= 0.3 is 11.9 Å². The van der Waals surface area contributed by atoms with Crippen LogP contribution in [0, 0.1) is 0 Å². The molecule has 0 spiro atoms. The Morgan fingerprint density at radius 3 is 1.35 bits per heavy atom. The van der Waals surface area contributed by atoms with E-state index >= 15 is 0 Å². The van der Waals surface area contributed by atoms with Gasteiger partial charge in [-0.05, 0) is 70.9 Å². The van der Waals surface area contributed by atoms with Crippen molar-refractivity contribution in [2.45, 2.75) is 276 Å². The number of rotatable bonds is 50. The van der Waals surface area contributed by atoms with Gasteiger partial charge in [0.2, 0.25) is 0 Å². The highest BCUT2D eigenvalue weighted by Crippen LogP contribution is 2.19. The molecule has 0 aromatic carbocycles. The Balaban J connectivity index is 4.58. The Morgan fingerprint density at radius 2 is 0.873 bits per heavy atom. The monoisotopic (exact) mass is 901 g/mol. The molecule has 0 radical (unpaired) electrons. The van der Waals surface area contributed by atoms with Gasteiger partial charge in [-0.2, -0.15) is 0 Å². The van der Waals surface area contributed by atoms with Crippen LogP contribution in [-0.2, 0) is 19.1 Å². The Hall–Kier alpha value is -1.34. The van der Waals surface area contributed by atoms with Crippen molar-refractivity contribution in [3.63, 3.8) is 0 Å². The van der Waals surface area contributed by atoms with E-state index in [0.29, 0.717) is 26.0 Å². The molecular formula is C52H104N2O9. The molecule has 0 rings (SSSR count). The molecule has 0 bridgehead atoms. The molecule has 11 nitrogen and oxygen atoms in total. The zero-order chi connectivity index (χ0) is 46.4. The van der Waals surface area contributed by atoms with Crippen LogP contribution in [0.15, 0.2) is 0 Å². The Bertz CT molecular complexity index is 960. The molecule has 63 heavy (non-hydrogen) atoms. The largest absolute Gasteiger partial charge is 0.466 e. The Morgan fingerprint density at radius 1 is 0.476 bits per heavy atom. The second kappa shape index (κ2) is 47.2. The lowest BCUT2D eigenvalue weighted by molar-refractivity contribution is -0.150. The normalized spacial score (nSPS) is 13.7. The molecule has 376 valence electrons. The van der Waals surface area contributed by atoms with Gasteiger partial charge in [0, 0.05) is 32.5 Å². The summed E-state index contributed by atoms with van der Waals surface area (Å²) in [5.41, 5.74) is 0. The van der Waals surface area contributed by atoms with Gasteiger partial charge in [-0.3, -0.25) is 9.59 Å². The lowest BCUT2D eigenvalue weighted by atomic mass is 10.0. The average Bonchev–Trinajstić information content (AvgIpc) is 3.28. The van der Waals surface area contributed by atoms with Crippen LogP contribution in [0.3, 0.4) is 0 Å². The Kier molecular flexibility index (Phi) is 46.2. The van der Waals surface area contributed by atoms with Gasteiger partial charge in [0.25, 0.3) is 0 Å². The fourth-order valence-electron chi connectivity index (χ4n) is 8.26. The van der Waals surface area contributed by atoms with E-state index in [1.54, 1.807) is 0 Å². The number of nitrogens with one attached hydrogen (secondary N) is 1. The van der Waals surface area contributed by atoms with E-state index < -0.39 is 31.0 Å². The lowest BCUT2D eigenvalue weighted by Crippen LogP contribution is -2.49. The number of unbranched alkanes of at least 4 members (excludes halogenated alkanes) is 26. The first-order valence-corrected chi connectivity index (χ1v) is 26.8. The minimum Gasteiger partial charge on any atom is -0.466 e. The fourth-order valence-corrected chi connectivity index (χ4v) is 8.26. The summed E-state index contributed by atoms with van der Waals surface area (Å²) in [6.45, 7) is 9.87. The van der Waals surface area contributed by atoms with Crippen molar-refractivity contribution in [2.24, 2.45) is 0 Å². The molecule has 6 N–H and O–H groups in total. The minimum absolute atomic E-state index is 0.0309. The summed E-state index contributed by atoms with van der Waals surface area (Å²) in [5, 5.41) is 52.2. The van der Waals surface area contributed by atoms with Crippen molar-refractivity contribution in [1.82, 2.24) is 10.2 Å². The molecule has 0 aromatic heterocycles. The third-order valence-electron chi connectivity index (χ3n) is 12.6. The molecule has 0 aliphatic heterocycles. The van der Waals surface area contributed by atoms with Crippen LogP contribution in [-0.4, -0.2) is 119 Å². The maximum Gasteiger partial charge on any atom is 0.306 e. The second-order valence-corrected chi connectivity index (χ2v) is 18.7. The first kappa shape index (κ1) is 61.7. The summed E-state index contributed by atoms with van der Waals surface area (Å²) in [6.07, 6.45) is 33.5. The highest BCUT2D eigenvalue weighted by atomic mass is 16.5. The average molecular weight is 901 g/mol. The zero-order valence-electron chi connectivity index (χ0n) is 41.4. The predicted molar refractivity (Wildman–Crippen MR) is 260 cm³/mol. The van der Waals surface area contributed by atoms with E-state index in [1.165, 1.54) is 109 Å². The molecule has 0 amide bonds. The van der Waals surface area contributed by atoms with Crippen LogP contribution in [0.1, 0.15) is 245 Å². The summed E-state index contributed by atoms with van der Waals surface area (Å²) < 4.78 is 11.5. The van der Waals surface area contributed by atoms with Crippen LogP contribution in [0.25, 0.3) is 0 Å². The van der Waals surface area contributed by atoms with Crippen molar-refractivity contribution in [1.29, 1.82) is 0 Å². The fraction of sp³-hybridized carbons (Fsp3) is 0.962. The van der Waals surface area contributed by atoms with Crippen molar-refractivity contribution < 1.29 is 44.6 Å². The summed E-state index contributed by atoms with van der Waals surface area (Å²) >= 11 is 0. The molecule has 11 heteroatoms. The summed E-state index contributed by atoms with van der Waals surface area (Å²) in [4.78, 5) is 27.5. The molecule has 0 heterocycles. The topological polar surface area (TPSA) is 169 Å². The summed E-state index contributed by atoms with van der Waals surface area (Å²) in [6, 6.07) is 0. The number of aliphatic hydroxyl groups excluding tert-OH is 5. The molecule has 0 aromatic rings. The van der Waals surface area contributed by atoms with E-state index in [4.69, 9.17) is 14.6 Å².